The van der Waals surface area contributed by atoms with Gasteiger partial charge in [-0.3, -0.25) is 4.79 Å². The molecule has 160 valence electrons. The standard InChI is InChI=1S/C20H20Cl2N2O5S/c1-2-29-20(26)14-6-8-17(16(22)11-14)23-19(25)13-5-7-15(21)18(12-13)30(27,28)24-9-3-4-10-24/h5-8,11-12H,2-4,9-10H2,1H3,(H,23,25). The van der Waals surface area contributed by atoms with Crippen LogP contribution in [0.15, 0.2) is 41.3 Å². The second-order valence-electron chi connectivity index (χ2n) is 6.63. The van der Waals surface area contributed by atoms with Gasteiger partial charge in [-0.2, -0.15) is 4.31 Å². The Kier molecular flexibility index (Phi) is 7.02. The first-order valence-corrected chi connectivity index (χ1v) is 11.5. The second kappa shape index (κ2) is 9.34. The van der Waals surface area contributed by atoms with Crippen LogP contribution in [0.3, 0.4) is 0 Å². The van der Waals surface area contributed by atoms with Crippen LogP contribution in [-0.4, -0.2) is 44.3 Å². The zero-order valence-corrected chi connectivity index (χ0v) is 18.5. The molecule has 30 heavy (non-hydrogen) atoms. The Hall–Kier alpha value is -2.13. The Morgan fingerprint density at radius 1 is 1.03 bits per heavy atom. The maximum absolute atomic E-state index is 12.8. The van der Waals surface area contributed by atoms with Gasteiger partial charge in [0.2, 0.25) is 10.0 Å². The van der Waals surface area contributed by atoms with E-state index in [4.69, 9.17) is 27.9 Å². The van der Waals surface area contributed by atoms with Crippen molar-refractivity contribution in [3.63, 3.8) is 0 Å². The molecule has 0 unspecified atom stereocenters. The van der Waals surface area contributed by atoms with Crippen LogP contribution in [-0.2, 0) is 14.8 Å². The molecule has 0 aromatic heterocycles. The van der Waals surface area contributed by atoms with Crippen LogP contribution in [0.1, 0.15) is 40.5 Å². The molecule has 1 aliphatic rings. The van der Waals surface area contributed by atoms with Crippen molar-refractivity contribution in [2.24, 2.45) is 0 Å². The van der Waals surface area contributed by atoms with Gasteiger partial charge in [-0.1, -0.05) is 23.2 Å². The minimum Gasteiger partial charge on any atom is -0.462 e. The molecular weight excluding hydrogens is 451 g/mol. The summed E-state index contributed by atoms with van der Waals surface area (Å²) in [5.41, 5.74) is 0.640. The highest BCUT2D eigenvalue weighted by Crippen LogP contribution is 2.29. The molecule has 2 aromatic carbocycles. The predicted octanol–water partition coefficient (Wildman–Crippen LogP) is 4.21. The number of halogens is 2. The minimum absolute atomic E-state index is 0.0512. The first-order valence-electron chi connectivity index (χ1n) is 9.31. The lowest BCUT2D eigenvalue weighted by molar-refractivity contribution is 0.0526. The summed E-state index contributed by atoms with van der Waals surface area (Å²) in [4.78, 5) is 24.4. The first-order chi connectivity index (χ1) is 14.2. The number of sulfonamides is 1. The summed E-state index contributed by atoms with van der Waals surface area (Å²) in [6.45, 7) is 2.78. The van der Waals surface area contributed by atoms with Crippen molar-refractivity contribution >= 4 is 50.8 Å². The molecule has 1 heterocycles. The zero-order chi connectivity index (χ0) is 21.9. The average Bonchev–Trinajstić information content (AvgIpc) is 3.25. The van der Waals surface area contributed by atoms with Gasteiger partial charge in [0.15, 0.2) is 0 Å². The number of amides is 1. The van der Waals surface area contributed by atoms with Gasteiger partial charge >= 0.3 is 5.97 Å². The number of esters is 1. The molecule has 0 saturated carbocycles. The molecule has 2 aromatic rings. The van der Waals surface area contributed by atoms with Gasteiger partial charge in [-0.05, 0) is 56.2 Å². The van der Waals surface area contributed by atoms with Crippen LogP contribution in [0.4, 0.5) is 5.69 Å². The molecule has 1 amide bonds. The Bertz CT molecular complexity index is 1080. The summed E-state index contributed by atoms with van der Waals surface area (Å²) in [6.07, 6.45) is 1.58. The quantitative estimate of drug-likeness (QED) is 0.638. The van der Waals surface area contributed by atoms with Crippen LogP contribution in [0.25, 0.3) is 0 Å². The van der Waals surface area contributed by atoms with Gasteiger partial charge in [-0.15, -0.1) is 0 Å². The third-order valence-electron chi connectivity index (χ3n) is 4.60. The van der Waals surface area contributed by atoms with E-state index >= 15 is 0 Å². The number of anilines is 1. The number of hydrogen-bond donors (Lipinski definition) is 1. The van der Waals surface area contributed by atoms with Crippen molar-refractivity contribution in [1.29, 1.82) is 0 Å². The van der Waals surface area contributed by atoms with Gasteiger partial charge in [0.05, 0.1) is 27.9 Å². The number of nitrogens with zero attached hydrogens (tertiary/aromatic N) is 1. The van der Waals surface area contributed by atoms with E-state index in [1.807, 2.05) is 0 Å². The first kappa shape index (κ1) is 22.6. The second-order valence-corrected chi connectivity index (χ2v) is 9.35. The van der Waals surface area contributed by atoms with Crippen LogP contribution in [0.5, 0.6) is 0 Å². The molecule has 0 bridgehead atoms. The Labute approximate surface area is 185 Å². The van der Waals surface area contributed by atoms with Crippen molar-refractivity contribution in [2.75, 3.05) is 25.0 Å². The fraction of sp³-hybridized carbons (Fsp3) is 0.300. The topological polar surface area (TPSA) is 92.8 Å². The van der Waals surface area contributed by atoms with E-state index in [0.717, 1.165) is 12.8 Å². The molecular formula is C20H20Cl2N2O5S. The molecule has 1 saturated heterocycles. The lowest BCUT2D eigenvalue weighted by Crippen LogP contribution is -2.28. The summed E-state index contributed by atoms with van der Waals surface area (Å²) in [7, 11) is -3.78. The maximum Gasteiger partial charge on any atom is 0.338 e. The smallest absolute Gasteiger partial charge is 0.338 e. The molecule has 10 heteroatoms. The van der Waals surface area contributed by atoms with E-state index in [-0.39, 0.29) is 38.4 Å². The fourth-order valence-electron chi connectivity index (χ4n) is 3.06. The van der Waals surface area contributed by atoms with Crippen molar-refractivity contribution < 1.29 is 22.7 Å². The van der Waals surface area contributed by atoms with Gasteiger partial charge in [0, 0.05) is 18.7 Å². The van der Waals surface area contributed by atoms with Crippen LogP contribution in [0.2, 0.25) is 10.0 Å². The van der Waals surface area contributed by atoms with Crippen LogP contribution in [0, 0.1) is 0 Å². The highest BCUT2D eigenvalue weighted by atomic mass is 35.5. The third-order valence-corrected chi connectivity index (χ3v) is 7.30. The van der Waals surface area contributed by atoms with Gasteiger partial charge in [-0.25, -0.2) is 13.2 Å². The average molecular weight is 471 g/mol. The van der Waals surface area contributed by atoms with Gasteiger partial charge in [0.25, 0.3) is 5.91 Å². The fourth-order valence-corrected chi connectivity index (χ4v) is 5.31. The SMILES string of the molecule is CCOC(=O)c1ccc(NC(=O)c2ccc(Cl)c(S(=O)(=O)N3CCCC3)c2)c(Cl)c1. The summed E-state index contributed by atoms with van der Waals surface area (Å²) in [5.74, 6) is -1.08. The van der Waals surface area contributed by atoms with E-state index < -0.39 is 21.9 Å². The Morgan fingerprint density at radius 2 is 1.70 bits per heavy atom. The largest absolute Gasteiger partial charge is 0.462 e. The number of ether oxygens (including phenoxy) is 1. The zero-order valence-electron chi connectivity index (χ0n) is 16.2. The molecule has 3 rings (SSSR count). The number of carbonyl (C=O) groups is 2. The Balaban J connectivity index is 1.83. The summed E-state index contributed by atoms with van der Waals surface area (Å²) in [5, 5.41) is 2.82. The molecule has 1 N–H and O–H groups in total. The minimum atomic E-state index is -3.78. The molecule has 0 atom stereocenters. The Morgan fingerprint density at radius 3 is 2.33 bits per heavy atom. The number of carbonyl (C=O) groups excluding carboxylic acids is 2. The molecule has 0 radical (unpaired) electrons. The molecule has 0 aliphatic carbocycles. The van der Waals surface area contributed by atoms with Crippen molar-refractivity contribution in [3.8, 4) is 0 Å². The van der Waals surface area contributed by atoms with Crippen molar-refractivity contribution in [3.05, 3.63) is 57.6 Å². The molecule has 1 fully saturated rings. The maximum atomic E-state index is 12.8. The van der Waals surface area contributed by atoms with Crippen molar-refractivity contribution in [2.45, 2.75) is 24.7 Å². The van der Waals surface area contributed by atoms with E-state index in [0.29, 0.717) is 13.1 Å². The molecule has 7 nitrogen and oxygen atoms in total. The summed E-state index contributed by atoms with van der Waals surface area (Å²) >= 11 is 12.3. The van der Waals surface area contributed by atoms with Gasteiger partial charge < -0.3 is 10.1 Å². The number of rotatable bonds is 6. The number of nitrogens with one attached hydrogen (secondary N) is 1. The van der Waals surface area contributed by atoms with E-state index in [9.17, 15) is 18.0 Å². The van der Waals surface area contributed by atoms with Crippen LogP contribution >= 0.6 is 23.2 Å². The molecule has 1 aliphatic heterocycles. The van der Waals surface area contributed by atoms with Gasteiger partial charge in [0.1, 0.15) is 4.90 Å². The number of hydrogen-bond acceptors (Lipinski definition) is 5. The highest BCUT2D eigenvalue weighted by molar-refractivity contribution is 7.89. The van der Waals surface area contributed by atoms with E-state index in [1.165, 1.54) is 40.7 Å². The van der Waals surface area contributed by atoms with Crippen LogP contribution < -0.4 is 5.32 Å². The lowest BCUT2D eigenvalue weighted by atomic mass is 10.2. The molecule has 0 spiro atoms. The third kappa shape index (κ3) is 4.78. The van der Waals surface area contributed by atoms with E-state index in [2.05, 4.69) is 5.32 Å². The lowest BCUT2D eigenvalue weighted by Gasteiger charge is -2.17. The summed E-state index contributed by atoms with van der Waals surface area (Å²) < 4.78 is 32.0. The normalized spacial score (nSPS) is 14.5. The summed E-state index contributed by atoms with van der Waals surface area (Å²) in [6, 6.07) is 8.41. The monoisotopic (exact) mass is 470 g/mol. The number of benzene rings is 2. The predicted molar refractivity (Wildman–Crippen MR) is 115 cm³/mol. The van der Waals surface area contributed by atoms with Crippen molar-refractivity contribution in [1.82, 2.24) is 4.31 Å². The van der Waals surface area contributed by atoms with E-state index in [1.54, 1.807) is 6.92 Å². The highest BCUT2D eigenvalue weighted by Gasteiger charge is 2.29.